The van der Waals surface area contributed by atoms with Crippen LogP contribution >= 0.6 is 0 Å². The number of aromatic nitrogens is 1. The van der Waals surface area contributed by atoms with E-state index >= 15 is 0 Å². The fourth-order valence-electron chi connectivity index (χ4n) is 1.53. The second kappa shape index (κ2) is 5.37. The minimum atomic E-state index is -3.81. The van der Waals surface area contributed by atoms with E-state index in [1.54, 1.807) is 6.92 Å². The molecule has 1 heterocycles. The van der Waals surface area contributed by atoms with Crippen molar-refractivity contribution in [3.8, 4) is 0 Å². The summed E-state index contributed by atoms with van der Waals surface area (Å²) in [6.07, 6.45) is 1.01. The van der Waals surface area contributed by atoms with E-state index in [1.165, 1.54) is 30.3 Å². The summed E-state index contributed by atoms with van der Waals surface area (Å²) in [5.41, 5.74) is 0.272. The summed E-state index contributed by atoms with van der Waals surface area (Å²) in [4.78, 5) is -0.0257. The summed E-state index contributed by atoms with van der Waals surface area (Å²) in [6.45, 7) is 1.64. The first kappa shape index (κ1) is 15.3. The first-order chi connectivity index (χ1) is 9.66. The first-order valence-corrected chi connectivity index (χ1v) is 9.07. The fraction of sp³-hybridized carbons (Fsp3) is 0.182. The molecule has 0 aliphatic heterocycles. The van der Waals surface area contributed by atoms with Gasteiger partial charge in [0, 0.05) is 11.8 Å². The Hall–Kier alpha value is -2.07. The standard InChI is InChI=1S/C11H13N3O5S2/c1-8-7-11(12-19-8)14-21(17,18)10-5-3-9(4-6-10)13-20(2,15)16/h3-7,13H,1-2H3,(H,12,14). The first-order valence-electron chi connectivity index (χ1n) is 5.70. The van der Waals surface area contributed by atoms with E-state index in [2.05, 4.69) is 14.6 Å². The topological polar surface area (TPSA) is 118 Å². The van der Waals surface area contributed by atoms with E-state index < -0.39 is 20.0 Å². The molecule has 21 heavy (non-hydrogen) atoms. The van der Waals surface area contributed by atoms with Crippen LogP contribution in [-0.2, 0) is 20.0 Å². The predicted octanol–water partition coefficient (Wildman–Crippen LogP) is 1.16. The molecule has 0 fully saturated rings. The summed E-state index contributed by atoms with van der Waals surface area (Å²) in [5.74, 6) is 0.547. The molecule has 0 spiro atoms. The summed E-state index contributed by atoms with van der Waals surface area (Å²) in [6, 6.07) is 6.70. The number of nitrogens with one attached hydrogen (secondary N) is 2. The Bertz CT molecular complexity index is 838. The van der Waals surface area contributed by atoms with Crippen LogP contribution < -0.4 is 9.44 Å². The lowest BCUT2D eigenvalue weighted by Crippen LogP contribution is -2.13. The van der Waals surface area contributed by atoms with Gasteiger partial charge in [-0.2, -0.15) is 0 Å². The van der Waals surface area contributed by atoms with Crippen molar-refractivity contribution in [2.24, 2.45) is 0 Å². The second-order valence-corrected chi connectivity index (χ2v) is 7.76. The Labute approximate surface area is 122 Å². The molecule has 0 saturated carbocycles. The summed E-state index contributed by atoms with van der Waals surface area (Å²) in [7, 11) is -7.22. The normalized spacial score (nSPS) is 12.1. The van der Waals surface area contributed by atoms with E-state index in [9.17, 15) is 16.8 Å². The molecule has 0 amide bonds. The molecule has 1 aromatic heterocycles. The number of nitrogens with zero attached hydrogens (tertiary/aromatic N) is 1. The van der Waals surface area contributed by atoms with Crippen LogP contribution in [0.1, 0.15) is 5.76 Å². The molecule has 8 nitrogen and oxygen atoms in total. The maximum atomic E-state index is 12.1. The smallest absolute Gasteiger partial charge is 0.263 e. The zero-order chi connectivity index (χ0) is 15.7. The molecule has 0 radical (unpaired) electrons. The lowest BCUT2D eigenvalue weighted by molar-refractivity contribution is 0.400. The van der Waals surface area contributed by atoms with Gasteiger partial charge in [0.1, 0.15) is 5.76 Å². The van der Waals surface area contributed by atoms with Gasteiger partial charge in [-0.25, -0.2) is 16.8 Å². The molecule has 0 aliphatic rings. The highest BCUT2D eigenvalue weighted by molar-refractivity contribution is 7.92. The third-order valence-corrected chi connectivity index (χ3v) is 4.31. The van der Waals surface area contributed by atoms with Crippen molar-refractivity contribution in [3.63, 3.8) is 0 Å². The molecule has 0 unspecified atom stereocenters. The molecule has 114 valence electrons. The number of anilines is 2. The zero-order valence-corrected chi connectivity index (χ0v) is 12.8. The van der Waals surface area contributed by atoms with Crippen LogP contribution in [0.2, 0.25) is 0 Å². The highest BCUT2D eigenvalue weighted by Gasteiger charge is 2.16. The largest absolute Gasteiger partial charge is 0.360 e. The molecule has 10 heteroatoms. The van der Waals surface area contributed by atoms with E-state index in [0.717, 1.165) is 6.26 Å². The minimum absolute atomic E-state index is 0.0257. The molecule has 1 aromatic carbocycles. The Morgan fingerprint density at radius 3 is 2.14 bits per heavy atom. The second-order valence-electron chi connectivity index (χ2n) is 4.33. The molecule has 2 aromatic rings. The molecule has 0 bridgehead atoms. The molecule has 2 rings (SSSR count). The van der Waals surface area contributed by atoms with Crippen LogP contribution in [0.15, 0.2) is 39.8 Å². The maximum Gasteiger partial charge on any atom is 0.263 e. The van der Waals surface area contributed by atoms with Crippen LogP contribution in [-0.4, -0.2) is 28.2 Å². The lowest BCUT2D eigenvalue weighted by atomic mass is 10.3. The van der Waals surface area contributed by atoms with Crippen molar-refractivity contribution in [2.45, 2.75) is 11.8 Å². The van der Waals surface area contributed by atoms with Crippen LogP contribution in [0.4, 0.5) is 11.5 Å². The van der Waals surface area contributed by atoms with Gasteiger partial charge in [-0.3, -0.25) is 9.44 Å². The van der Waals surface area contributed by atoms with Gasteiger partial charge in [-0.1, -0.05) is 5.16 Å². The zero-order valence-electron chi connectivity index (χ0n) is 11.2. The molecular weight excluding hydrogens is 318 g/mol. The van der Waals surface area contributed by atoms with Gasteiger partial charge in [0.05, 0.1) is 11.2 Å². The summed E-state index contributed by atoms with van der Waals surface area (Å²) >= 11 is 0. The molecule has 0 aliphatic carbocycles. The molecular formula is C11H13N3O5S2. The van der Waals surface area contributed by atoms with Crippen molar-refractivity contribution in [3.05, 3.63) is 36.1 Å². The molecule has 0 atom stereocenters. The lowest BCUT2D eigenvalue weighted by Gasteiger charge is -2.07. The minimum Gasteiger partial charge on any atom is -0.360 e. The number of hydrogen-bond acceptors (Lipinski definition) is 6. The Morgan fingerprint density at radius 1 is 1.05 bits per heavy atom. The Morgan fingerprint density at radius 2 is 1.67 bits per heavy atom. The molecule has 2 N–H and O–H groups in total. The van der Waals surface area contributed by atoms with E-state index in [0.29, 0.717) is 5.76 Å². The van der Waals surface area contributed by atoms with Crippen molar-refractivity contribution in [1.29, 1.82) is 0 Å². The number of benzene rings is 1. The highest BCUT2D eigenvalue weighted by Crippen LogP contribution is 2.18. The van der Waals surface area contributed by atoms with Crippen molar-refractivity contribution >= 4 is 31.6 Å². The van der Waals surface area contributed by atoms with E-state index in [4.69, 9.17) is 4.52 Å². The maximum absolute atomic E-state index is 12.1. The van der Waals surface area contributed by atoms with Crippen LogP contribution in [0.25, 0.3) is 0 Å². The van der Waals surface area contributed by atoms with Gasteiger partial charge >= 0.3 is 0 Å². The van der Waals surface area contributed by atoms with Crippen LogP contribution in [0, 0.1) is 6.92 Å². The van der Waals surface area contributed by atoms with Gasteiger partial charge in [0.2, 0.25) is 10.0 Å². The number of rotatable bonds is 5. The van der Waals surface area contributed by atoms with Gasteiger partial charge in [-0.05, 0) is 31.2 Å². The summed E-state index contributed by atoms with van der Waals surface area (Å²) < 4.78 is 55.5. The third-order valence-electron chi connectivity index (χ3n) is 2.33. The Kier molecular flexibility index (Phi) is 3.92. The monoisotopic (exact) mass is 331 g/mol. The van der Waals surface area contributed by atoms with Gasteiger partial charge < -0.3 is 4.52 Å². The Balaban J connectivity index is 2.21. The number of hydrogen-bond donors (Lipinski definition) is 2. The van der Waals surface area contributed by atoms with Crippen molar-refractivity contribution in [1.82, 2.24) is 5.16 Å². The van der Waals surface area contributed by atoms with Gasteiger partial charge in [-0.15, -0.1) is 0 Å². The highest BCUT2D eigenvalue weighted by atomic mass is 32.2. The number of sulfonamides is 2. The van der Waals surface area contributed by atoms with Gasteiger partial charge in [0.15, 0.2) is 5.82 Å². The average molecular weight is 331 g/mol. The quantitative estimate of drug-likeness (QED) is 0.848. The van der Waals surface area contributed by atoms with Crippen molar-refractivity contribution in [2.75, 3.05) is 15.7 Å². The van der Waals surface area contributed by atoms with E-state index in [1.807, 2.05) is 0 Å². The van der Waals surface area contributed by atoms with Gasteiger partial charge in [0.25, 0.3) is 10.0 Å². The third kappa shape index (κ3) is 4.20. The fourth-order valence-corrected chi connectivity index (χ4v) is 3.08. The predicted molar refractivity (Wildman–Crippen MR) is 77.0 cm³/mol. The SMILES string of the molecule is Cc1cc(NS(=O)(=O)c2ccc(NS(C)(=O)=O)cc2)no1. The average Bonchev–Trinajstić information content (AvgIpc) is 2.72. The van der Waals surface area contributed by atoms with Crippen LogP contribution in [0.3, 0.4) is 0 Å². The number of aryl methyl sites for hydroxylation is 1. The van der Waals surface area contributed by atoms with Crippen molar-refractivity contribution < 1.29 is 21.4 Å². The van der Waals surface area contributed by atoms with E-state index in [-0.39, 0.29) is 16.4 Å². The van der Waals surface area contributed by atoms with Crippen LogP contribution in [0.5, 0.6) is 0 Å². The summed E-state index contributed by atoms with van der Waals surface area (Å²) in [5, 5.41) is 3.54. The molecule has 0 saturated heterocycles.